The van der Waals surface area contributed by atoms with Gasteiger partial charge in [0.15, 0.2) is 0 Å². The lowest BCUT2D eigenvalue weighted by atomic mass is 10.1. The van der Waals surface area contributed by atoms with Crippen LogP contribution in [0.5, 0.6) is 0 Å². The van der Waals surface area contributed by atoms with Crippen molar-refractivity contribution in [3.05, 3.63) is 58.3 Å². The van der Waals surface area contributed by atoms with E-state index in [9.17, 15) is 9.59 Å². The van der Waals surface area contributed by atoms with Gasteiger partial charge in [-0.2, -0.15) is 0 Å². The third kappa shape index (κ3) is 5.00. The molecule has 1 aromatic heterocycles. The smallest absolute Gasteiger partial charge is 0.309 e. The van der Waals surface area contributed by atoms with E-state index in [4.69, 9.17) is 5.11 Å². The van der Waals surface area contributed by atoms with Gasteiger partial charge in [-0.15, -0.1) is 0 Å². The molecule has 0 radical (unpaired) electrons. The van der Waals surface area contributed by atoms with Crippen LogP contribution in [0.25, 0.3) is 0 Å². The van der Waals surface area contributed by atoms with E-state index in [1.807, 2.05) is 24.3 Å². The third-order valence-corrected chi connectivity index (χ3v) is 3.19. The van der Waals surface area contributed by atoms with Crippen LogP contribution in [-0.2, 0) is 22.4 Å². The maximum absolute atomic E-state index is 11.9. The number of pyridine rings is 1. The highest BCUT2D eigenvalue weighted by Crippen LogP contribution is 2.13. The number of benzene rings is 1. The molecule has 1 amide bonds. The molecule has 0 fully saturated rings. The van der Waals surface area contributed by atoms with Crippen LogP contribution in [0.4, 0.5) is 5.69 Å². The van der Waals surface area contributed by atoms with Gasteiger partial charge in [-0.05, 0) is 29.8 Å². The number of carboxylic acids is 1. The maximum atomic E-state index is 11.9. The standard InChI is InChI=1S/C15H13BrN2O3/c16-11-3-1-2-10(6-11)7-14(19)18-13-5-4-12(17-9-13)8-15(20)21/h1-6,9H,7-8H2,(H,18,19)(H,20,21). The number of aromatic nitrogens is 1. The molecule has 1 heterocycles. The Morgan fingerprint density at radius 2 is 2.00 bits per heavy atom. The number of rotatable bonds is 5. The predicted octanol–water partition coefficient (Wildman–Crippen LogP) is 2.65. The Balaban J connectivity index is 1.95. The minimum absolute atomic E-state index is 0.133. The highest BCUT2D eigenvalue weighted by atomic mass is 79.9. The minimum Gasteiger partial charge on any atom is -0.481 e. The van der Waals surface area contributed by atoms with Gasteiger partial charge in [0.25, 0.3) is 0 Å². The first-order valence-electron chi connectivity index (χ1n) is 6.24. The summed E-state index contributed by atoms with van der Waals surface area (Å²) in [7, 11) is 0. The van der Waals surface area contributed by atoms with Gasteiger partial charge in [0.05, 0.1) is 30.4 Å². The fraction of sp³-hybridized carbons (Fsp3) is 0.133. The van der Waals surface area contributed by atoms with Crippen molar-refractivity contribution in [2.75, 3.05) is 5.32 Å². The molecule has 0 saturated carbocycles. The lowest BCUT2D eigenvalue weighted by Gasteiger charge is -2.06. The van der Waals surface area contributed by atoms with Crippen molar-refractivity contribution in [3.63, 3.8) is 0 Å². The third-order valence-electron chi connectivity index (χ3n) is 2.69. The van der Waals surface area contributed by atoms with Crippen LogP contribution in [0.1, 0.15) is 11.3 Å². The summed E-state index contributed by atoms with van der Waals surface area (Å²) in [5.74, 6) is -1.09. The second-order valence-corrected chi connectivity index (χ2v) is 5.38. The molecular weight excluding hydrogens is 336 g/mol. The Labute approximate surface area is 130 Å². The molecule has 0 unspecified atom stereocenters. The molecule has 6 heteroatoms. The lowest BCUT2D eigenvalue weighted by molar-refractivity contribution is -0.136. The van der Waals surface area contributed by atoms with Gasteiger partial charge >= 0.3 is 5.97 Å². The van der Waals surface area contributed by atoms with Crippen LogP contribution >= 0.6 is 15.9 Å². The summed E-state index contributed by atoms with van der Waals surface area (Å²) in [5.41, 5.74) is 1.90. The van der Waals surface area contributed by atoms with Crippen LogP contribution in [0.15, 0.2) is 47.1 Å². The summed E-state index contributed by atoms with van der Waals surface area (Å²) in [6.45, 7) is 0. The van der Waals surface area contributed by atoms with E-state index in [1.165, 1.54) is 6.20 Å². The van der Waals surface area contributed by atoms with E-state index in [0.717, 1.165) is 10.0 Å². The number of carbonyl (C=O) groups excluding carboxylic acids is 1. The number of hydrogen-bond acceptors (Lipinski definition) is 3. The Hall–Kier alpha value is -2.21. The number of amides is 1. The van der Waals surface area contributed by atoms with Gasteiger partial charge in [-0.1, -0.05) is 28.1 Å². The fourth-order valence-corrected chi connectivity index (χ4v) is 2.24. The van der Waals surface area contributed by atoms with Crippen LogP contribution in [0.3, 0.4) is 0 Å². The SMILES string of the molecule is O=C(O)Cc1ccc(NC(=O)Cc2cccc(Br)c2)cn1. The van der Waals surface area contributed by atoms with Gasteiger partial charge in [0.2, 0.25) is 5.91 Å². The van der Waals surface area contributed by atoms with Crippen molar-refractivity contribution in [2.45, 2.75) is 12.8 Å². The Bertz CT molecular complexity index is 656. The number of anilines is 1. The number of aliphatic carboxylic acids is 1. The molecule has 0 aliphatic carbocycles. The minimum atomic E-state index is -0.936. The Morgan fingerprint density at radius 3 is 2.62 bits per heavy atom. The molecular formula is C15H13BrN2O3. The number of halogens is 1. The van der Waals surface area contributed by atoms with Crippen molar-refractivity contribution < 1.29 is 14.7 Å². The molecule has 1 aromatic carbocycles. The van der Waals surface area contributed by atoms with E-state index >= 15 is 0 Å². The maximum Gasteiger partial charge on any atom is 0.309 e. The van der Waals surface area contributed by atoms with Gasteiger partial charge in [0, 0.05) is 4.47 Å². The quantitative estimate of drug-likeness (QED) is 0.870. The van der Waals surface area contributed by atoms with Crippen LogP contribution in [0, 0.1) is 0 Å². The second-order valence-electron chi connectivity index (χ2n) is 4.46. The average molecular weight is 349 g/mol. The first kappa shape index (κ1) is 15.2. The molecule has 2 aromatic rings. The Kier molecular flexibility index (Phi) is 5.05. The van der Waals surface area contributed by atoms with Gasteiger partial charge < -0.3 is 10.4 Å². The first-order chi connectivity index (χ1) is 10.0. The molecule has 0 aliphatic heterocycles. The first-order valence-corrected chi connectivity index (χ1v) is 7.03. The van der Waals surface area contributed by atoms with Gasteiger partial charge in [0.1, 0.15) is 0 Å². The fourth-order valence-electron chi connectivity index (χ4n) is 1.80. The predicted molar refractivity (Wildman–Crippen MR) is 82.1 cm³/mol. The summed E-state index contributed by atoms with van der Waals surface area (Å²) >= 11 is 3.36. The number of nitrogens with zero attached hydrogens (tertiary/aromatic N) is 1. The summed E-state index contributed by atoms with van der Waals surface area (Å²) in [4.78, 5) is 26.4. The number of carbonyl (C=O) groups is 2. The van der Waals surface area contributed by atoms with E-state index in [1.54, 1.807) is 12.1 Å². The monoisotopic (exact) mass is 348 g/mol. The molecule has 2 rings (SSSR count). The molecule has 21 heavy (non-hydrogen) atoms. The van der Waals surface area contributed by atoms with Crippen LogP contribution in [-0.4, -0.2) is 22.0 Å². The molecule has 0 saturated heterocycles. The zero-order chi connectivity index (χ0) is 15.2. The van der Waals surface area contributed by atoms with Gasteiger partial charge in [-0.25, -0.2) is 0 Å². The van der Waals surface area contributed by atoms with Crippen molar-refractivity contribution in [2.24, 2.45) is 0 Å². The van der Waals surface area contributed by atoms with Crippen molar-refractivity contribution in [3.8, 4) is 0 Å². The molecule has 108 valence electrons. The van der Waals surface area contributed by atoms with E-state index < -0.39 is 5.97 Å². The number of carboxylic acid groups (broad SMARTS) is 1. The molecule has 5 nitrogen and oxygen atoms in total. The summed E-state index contributed by atoms with van der Waals surface area (Å²) < 4.78 is 0.924. The van der Waals surface area contributed by atoms with Gasteiger partial charge in [-0.3, -0.25) is 14.6 Å². The van der Waals surface area contributed by atoms with Crippen molar-refractivity contribution in [1.82, 2.24) is 4.98 Å². The van der Waals surface area contributed by atoms with Crippen LogP contribution in [0.2, 0.25) is 0 Å². The highest BCUT2D eigenvalue weighted by molar-refractivity contribution is 9.10. The summed E-state index contributed by atoms with van der Waals surface area (Å²) in [6.07, 6.45) is 1.58. The molecule has 0 atom stereocenters. The molecule has 0 bridgehead atoms. The highest BCUT2D eigenvalue weighted by Gasteiger charge is 2.06. The topological polar surface area (TPSA) is 79.3 Å². The van der Waals surface area contributed by atoms with Crippen molar-refractivity contribution in [1.29, 1.82) is 0 Å². The molecule has 0 aliphatic rings. The van der Waals surface area contributed by atoms with E-state index in [-0.39, 0.29) is 18.7 Å². The zero-order valence-electron chi connectivity index (χ0n) is 11.0. The molecule has 0 spiro atoms. The molecule has 2 N–H and O–H groups in total. The zero-order valence-corrected chi connectivity index (χ0v) is 12.6. The second kappa shape index (κ2) is 6.99. The normalized spacial score (nSPS) is 10.1. The summed E-state index contributed by atoms with van der Waals surface area (Å²) in [5, 5.41) is 11.4. The average Bonchev–Trinajstić information content (AvgIpc) is 2.40. The van der Waals surface area contributed by atoms with E-state index in [0.29, 0.717) is 11.4 Å². The van der Waals surface area contributed by atoms with E-state index in [2.05, 4.69) is 26.2 Å². The number of hydrogen-bond donors (Lipinski definition) is 2. The Morgan fingerprint density at radius 1 is 1.19 bits per heavy atom. The largest absolute Gasteiger partial charge is 0.481 e. The lowest BCUT2D eigenvalue weighted by Crippen LogP contribution is -2.14. The van der Waals surface area contributed by atoms with Crippen molar-refractivity contribution >= 4 is 33.5 Å². The van der Waals surface area contributed by atoms with Crippen LogP contribution < -0.4 is 5.32 Å². The summed E-state index contributed by atoms with van der Waals surface area (Å²) in [6, 6.07) is 10.8. The number of nitrogens with one attached hydrogen (secondary N) is 1.